The van der Waals surface area contributed by atoms with Crippen molar-refractivity contribution in [1.82, 2.24) is 9.78 Å². The maximum atomic E-state index is 12.1. The van der Waals surface area contributed by atoms with Crippen LogP contribution in [0.15, 0.2) is 45.7 Å². The van der Waals surface area contributed by atoms with Gasteiger partial charge < -0.3 is 5.32 Å². The van der Waals surface area contributed by atoms with Crippen molar-refractivity contribution in [2.24, 2.45) is 0 Å². The lowest BCUT2D eigenvalue weighted by atomic mass is 10.3. The minimum Gasteiger partial charge on any atom is -0.321 e. The zero-order valence-electron chi connectivity index (χ0n) is 11.0. The topological polar surface area (TPSA) is 64.0 Å². The molecule has 0 fully saturated rings. The standard InChI is InChI=1S/C14H14BrN3O2/c1-2-8-18-13(19)7-6-12(17-18)14(20)16-11-5-3-4-10(15)9-11/h3-7,9H,2,8H2,1H3,(H,16,20). The minimum absolute atomic E-state index is 0.203. The largest absolute Gasteiger partial charge is 0.321 e. The van der Waals surface area contributed by atoms with E-state index in [-0.39, 0.29) is 17.2 Å². The molecule has 0 aliphatic carbocycles. The first-order chi connectivity index (χ1) is 9.60. The molecule has 0 bridgehead atoms. The Kier molecular flexibility index (Phi) is 4.68. The van der Waals surface area contributed by atoms with Crippen LogP contribution >= 0.6 is 15.9 Å². The monoisotopic (exact) mass is 335 g/mol. The van der Waals surface area contributed by atoms with Crippen molar-refractivity contribution < 1.29 is 4.79 Å². The van der Waals surface area contributed by atoms with Gasteiger partial charge in [-0.25, -0.2) is 4.68 Å². The third kappa shape index (κ3) is 3.54. The third-order valence-electron chi connectivity index (χ3n) is 2.62. The summed E-state index contributed by atoms with van der Waals surface area (Å²) in [7, 11) is 0. The fourth-order valence-corrected chi connectivity index (χ4v) is 2.10. The van der Waals surface area contributed by atoms with Crippen molar-refractivity contribution in [1.29, 1.82) is 0 Å². The second-order valence-corrected chi connectivity index (χ2v) is 5.16. The first-order valence-corrected chi connectivity index (χ1v) is 7.04. The lowest BCUT2D eigenvalue weighted by molar-refractivity contribution is 0.102. The van der Waals surface area contributed by atoms with Gasteiger partial charge in [-0.1, -0.05) is 28.9 Å². The lowest BCUT2D eigenvalue weighted by Crippen LogP contribution is -2.26. The molecule has 0 aliphatic heterocycles. The highest BCUT2D eigenvalue weighted by Gasteiger charge is 2.09. The van der Waals surface area contributed by atoms with Crippen LogP contribution in [0, 0.1) is 0 Å². The molecule has 1 N–H and O–H groups in total. The number of nitrogens with one attached hydrogen (secondary N) is 1. The van der Waals surface area contributed by atoms with E-state index in [9.17, 15) is 9.59 Å². The Labute approximate surface area is 124 Å². The van der Waals surface area contributed by atoms with E-state index in [0.717, 1.165) is 10.9 Å². The number of amides is 1. The fraction of sp³-hybridized carbons (Fsp3) is 0.214. The van der Waals surface area contributed by atoms with Crippen LogP contribution in [0.1, 0.15) is 23.8 Å². The predicted molar refractivity (Wildman–Crippen MR) is 80.9 cm³/mol. The van der Waals surface area contributed by atoms with E-state index in [1.165, 1.54) is 16.8 Å². The van der Waals surface area contributed by atoms with Gasteiger partial charge in [0, 0.05) is 22.8 Å². The smallest absolute Gasteiger partial charge is 0.276 e. The summed E-state index contributed by atoms with van der Waals surface area (Å²) < 4.78 is 2.18. The van der Waals surface area contributed by atoms with E-state index >= 15 is 0 Å². The van der Waals surface area contributed by atoms with Crippen LogP contribution in [-0.2, 0) is 6.54 Å². The molecule has 20 heavy (non-hydrogen) atoms. The van der Waals surface area contributed by atoms with Crippen molar-refractivity contribution >= 4 is 27.5 Å². The van der Waals surface area contributed by atoms with Crippen LogP contribution in [0.3, 0.4) is 0 Å². The molecule has 2 aromatic rings. The summed E-state index contributed by atoms with van der Waals surface area (Å²) >= 11 is 3.34. The summed E-state index contributed by atoms with van der Waals surface area (Å²) in [6.45, 7) is 2.44. The van der Waals surface area contributed by atoms with Gasteiger partial charge in [0.2, 0.25) is 0 Å². The molecule has 6 heteroatoms. The molecular formula is C14H14BrN3O2. The second kappa shape index (κ2) is 6.47. The van der Waals surface area contributed by atoms with Crippen molar-refractivity contribution in [2.45, 2.75) is 19.9 Å². The van der Waals surface area contributed by atoms with Crippen molar-refractivity contribution in [3.8, 4) is 0 Å². The first-order valence-electron chi connectivity index (χ1n) is 6.25. The Morgan fingerprint density at radius 1 is 1.35 bits per heavy atom. The van der Waals surface area contributed by atoms with Gasteiger partial charge in [-0.15, -0.1) is 0 Å². The number of anilines is 1. The molecule has 1 heterocycles. The zero-order chi connectivity index (χ0) is 14.5. The SMILES string of the molecule is CCCn1nc(C(=O)Nc2cccc(Br)c2)ccc1=O. The van der Waals surface area contributed by atoms with E-state index < -0.39 is 0 Å². The average Bonchev–Trinajstić information content (AvgIpc) is 2.41. The first kappa shape index (κ1) is 14.5. The van der Waals surface area contributed by atoms with E-state index in [1.54, 1.807) is 12.1 Å². The Balaban J connectivity index is 2.21. The van der Waals surface area contributed by atoms with Crippen molar-refractivity contribution in [3.05, 3.63) is 56.9 Å². The molecule has 0 saturated carbocycles. The molecule has 0 atom stereocenters. The van der Waals surface area contributed by atoms with E-state index in [4.69, 9.17) is 0 Å². The molecule has 0 unspecified atom stereocenters. The van der Waals surface area contributed by atoms with Gasteiger partial charge >= 0.3 is 0 Å². The van der Waals surface area contributed by atoms with Gasteiger partial charge in [-0.3, -0.25) is 9.59 Å². The number of aryl methyl sites for hydroxylation is 1. The van der Waals surface area contributed by atoms with Crippen LogP contribution in [0.25, 0.3) is 0 Å². The molecule has 104 valence electrons. The molecule has 1 aromatic carbocycles. The molecular weight excluding hydrogens is 322 g/mol. The zero-order valence-corrected chi connectivity index (χ0v) is 12.6. The van der Waals surface area contributed by atoms with E-state index in [2.05, 4.69) is 26.3 Å². The van der Waals surface area contributed by atoms with E-state index in [1.807, 2.05) is 19.1 Å². The molecule has 2 rings (SSSR count). The van der Waals surface area contributed by atoms with Gasteiger partial charge in [0.05, 0.1) is 0 Å². The van der Waals surface area contributed by atoms with Gasteiger partial charge in [0.1, 0.15) is 5.69 Å². The lowest BCUT2D eigenvalue weighted by Gasteiger charge is -2.07. The number of hydrogen-bond donors (Lipinski definition) is 1. The molecule has 1 amide bonds. The summed E-state index contributed by atoms with van der Waals surface area (Å²) in [5, 5.41) is 6.80. The Hall–Kier alpha value is -1.95. The summed E-state index contributed by atoms with van der Waals surface area (Å²) in [4.78, 5) is 23.6. The number of hydrogen-bond acceptors (Lipinski definition) is 3. The number of aromatic nitrogens is 2. The maximum absolute atomic E-state index is 12.1. The van der Waals surface area contributed by atoms with E-state index in [0.29, 0.717) is 12.2 Å². The highest BCUT2D eigenvalue weighted by molar-refractivity contribution is 9.10. The van der Waals surface area contributed by atoms with Gasteiger partial charge in [-0.2, -0.15) is 5.10 Å². The van der Waals surface area contributed by atoms with Crippen LogP contribution < -0.4 is 10.9 Å². The maximum Gasteiger partial charge on any atom is 0.276 e. The minimum atomic E-state index is -0.340. The van der Waals surface area contributed by atoms with Crippen LogP contribution in [0.5, 0.6) is 0 Å². The quantitative estimate of drug-likeness (QED) is 0.934. The molecule has 0 aliphatic rings. The third-order valence-corrected chi connectivity index (χ3v) is 3.11. The number of halogens is 1. The van der Waals surface area contributed by atoms with Gasteiger partial charge in [0.25, 0.3) is 11.5 Å². The average molecular weight is 336 g/mol. The summed E-state index contributed by atoms with van der Waals surface area (Å²) in [5.74, 6) is -0.340. The van der Waals surface area contributed by atoms with Gasteiger partial charge in [0.15, 0.2) is 0 Å². The van der Waals surface area contributed by atoms with Crippen molar-refractivity contribution in [2.75, 3.05) is 5.32 Å². The molecule has 0 spiro atoms. The Bertz CT molecular complexity index is 682. The number of rotatable bonds is 4. The van der Waals surface area contributed by atoms with Gasteiger partial charge in [-0.05, 0) is 30.7 Å². The number of benzene rings is 1. The number of carbonyl (C=O) groups excluding carboxylic acids is 1. The predicted octanol–water partition coefficient (Wildman–Crippen LogP) is 2.67. The highest BCUT2D eigenvalue weighted by Crippen LogP contribution is 2.16. The second-order valence-electron chi connectivity index (χ2n) is 4.24. The fourth-order valence-electron chi connectivity index (χ4n) is 1.70. The molecule has 0 saturated heterocycles. The normalized spacial score (nSPS) is 10.3. The summed E-state index contributed by atoms with van der Waals surface area (Å²) in [6.07, 6.45) is 0.781. The van der Waals surface area contributed by atoms with Crippen LogP contribution in [-0.4, -0.2) is 15.7 Å². The molecule has 0 radical (unpaired) electrons. The Morgan fingerprint density at radius 3 is 2.85 bits per heavy atom. The van der Waals surface area contributed by atoms with Crippen LogP contribution in [0.2, 0.25) is 0 Å². The number of carbonyl (C=O) groups is 1. The molecule has 5 nitrogen and oxygen atoms in total. The Morgan fingerprint density at radius 2 is 2.15 bits per heavy atom. The number of nitrogens with zero attached hydrogens (tertiary/aromatic N) is 2. The van der Waals surface area contributed by atoms with Crippen LogP contribution in [0.4, 0.5) is 5.69 Å². The highest BCUT2D eigenvalue weighted by atomic mass is 79.9. The molecule has 1 aromatic heterocycles. The van der Waals surface area contributed by atoms with Crippen molar-refractivity contribution in [3.63, 3.8) is 0 Å². The summed E-state index contributed by atoms with van der Waals surface area (Å²) in [6, 6.07) is 10.1. The summed E-state index contributed by atoms with van der Waals surface area (Å²) in [5.41, 5.74) is 0.684.